The minimum absolute atomic E-state index is 0.224. The van der Waals surface area contributed by atoms with E-state index in [1.54, 1.807) is 13.2 Å². The molecule has 1 aromatic carbocycles. The van der Waals surface area contributed by atoms with Crippen molar-refractivity contribution in [2.75, 3.05) is 7.11 Å². The van der Waals surface area contributed by atoms with Gasteiger partial charge in [0.05, 0.1) is 13.7 Å². The van der Waals surface area contributed by atoms with Gasteiger partial charge in [-0.1, -0.05) is 12.1 Å². The van der Waals surface area contributed by atoms with Crippen molar-refractivity contribution in [3.63, 3.8) is 0 Å². The molecule has 118 valence electrons. The highest BCUT2D eigenvalue weighted by atomic mass is 16.5. The molecule has 0 spiro atoms. The summed E-state index contributed by atoms with van der Waals surface area (Å²) in [4.78, 5) is 16.3. The molecule has 0 aliphatic carbocycles. The van der Waals surface area contributed by atoms with Crippen LogP contribution in [-0.4, -0.2) is 18.0 Å². The van der Waals surface area contributed by atoms with Crippen molar-refractivity contribution in [2.24, 2.45) is 0 Å². The maximum atomic E-state index is 12.3. The number of oxazole rings is 1. The van der Waals surface area contributed by atoms with Gasteiger partial charge in [0.2, 0.25) is 0 Å². The summed E-state index contributed by atoms with van der Waals surface area (Å²) in [5.41, 5.74) is 0.947. The van der Waals surface area contributed by atoms with Crippen molar-refractivity contribution in [1.29, 1.82) is 0 Å². The topological polar surface area (TPSA) is 77.5 Å². The zero-order valence-corrected chi connectivity index (χ0v) is 12.8. The molecule has 23 heavy (non-hydrogen) atoms. The summed E-state index contributed by atoms with van der Waals surface area (Å²) in [7, 11) is 1.58. The first-order chi connectivity index (χ1) is 11.2. The second-order valence-electron chi connectivity index (χ2n) is 4.96. The van der Waals surface area contributed by atoms with Crippen molar-refractivity contribution < 1.29 is 18.4 Å². The van der Waals surface area contributed by atoms with Gasteiger partial charge < -0.3 is 18.9 Å². The summed E-state index contributed by atoms with van der Waals surface area (Å²) < 4.78 is 16.0. The predicted octanol–water partition coefficient (Wildman–Crippen LogP) is 3.18. The van der Waals surface area contributed by atoms with E-state index in [1.165, 1.54) is 6.39 Å². The van der Waals surface area contributed by atoms with Crippen LogP contribution in [0.25, 0.3) is 11.3 Å². The van der Waals surface area contributed by atoms with Crippen LogP contribution in [0.5, 0.6) is 5.75 Å². The summed E-state index contributed by atoms with van der Waals surface area (Å²) >= 11 is 0. The molecule has 3 aromatic rings. The van der Waals surface area contributed by atoms with Gasteiger partial charge in [0.25, 0.3) is 5.91 Å². The Hall–Kier alpha value is -3.02. The lowest BCUT2D eigenvalue weighted by molar-refractivity contribution is 0.0943. The zero-order valence-electron chi connectivity index (χ0n) is 12.8. The highest BCUT2D eigenvalue weighted by Gasteiger charge is 2.18. The van der Waals surface area contributed by atoms with Crippen LogP contribution >= 0.6 is 0 Å². The van der Waals surface area contributed by atoms with E-state index in [1.807, 2.05) is 37.3 Å². The molecule has 1 amide bonds. The molecule has 2 heterocycles. The number of aromatic nitrogens is 1. The standard InChI is InChI=1S/C17H16N2O4/c1-11-6-7-14(23-11)9-18-17(20)15-16(22-10-19-15)12-4-3-5-13(8-12)21-2/h3-8,10H,9H2,1-2H3,(H,18,20). The summed E-state index contributed by atoms with van der Waals surface area (Å²) in [6.45, 7) is 2.14. The van der Waals surface area contributed by atoms with Crippen molar-refractivity contribution in [1.82, 2.24) is 10.3 Å². The normalized spacial score (nSPS) is 10.5. The number of benzene rings is 1. The molecule has 1 N–H and O–H groups in total. The number of nitrogens with one attached hydrogen (secondary N) is 1. The first-order valence-electron chi connectivity index (χ1n) is 7.09. The monoisotopic (exact) mass is 312 g/mol. The molecular weight excluding hydrogens is 296 g/mol. The summed E-state index contributed by atoms with van der Waals surface area (Å²) in [6.07, 6.45) is 1.25. The average molecular weight is 312 g/mol. The fraction of sp³-hybridized carbons (Fsp3) is 0.176. The second kappa shape index (κ2) is 6.39. The van der Waals surface area contributed by atoms with Crippen molar-refractivity contribution >= 4 is 5.91 Å². The van der Waals surface area contributed by atoms with E-state index in [4.69, 9.17) is 13.6 Å². The second-order valence-corrected chi connectivity index (χ2v) is 4.96. The number of nitrogens with zero attached hydrogens (tertiary/aromatic N) is 1. The van der Waals surface area contributed by atoms with E-state index in [0.717, 1.165) is 11.3 Å². The Morgan fingerprint density at radius 2 is 2.17 bits per heavy atom. The van der Waals surface area contributed by atoms with Crippen LogP contribution < -0.4 is 10.1 Å². The molecule has 0 aliphatic heterocycles. The molecule has 0 bridgehead atoms. The van der Waals surface area contributed by atoms with Crippen molar-refractivity contribution in [3.05, 3.63) is 60.0 Å². The number of rotatable bonds is 5. The highest BCUT2D eigenvalue weighted by Crippen LogP contribution is 2.26. The zero-order chi connectivity index (χ0) is 16.2. The molecular formula is C17H16N2O4. The van der Waals surface area contributed by atoms with Gasteiger partial charge in [-0.2, -0.15) is 0 Å². The number of carbonyl (C=O) groups excluding carboxylic acids is 1. The maximum Gasteiger partial charge on any atom is 0.274 e. The van der Waals surface area contributed by atoms with Crippen molar-refractivity contribution in [3.8, 4) is 17.1 Å². The third kappa shape index (κ3) is 3.26. The Balaban J connectivity index is 1.78. The number of carbonyl (C=O) groups is 1. The van der Waals surface area contributed by atoms with Gasteiger partial charge in [-0.25, -0.2) is 4.98 Å². The van der Waals surface area contributed by atoms with Crippen molar-refractivity contribution in [2.45, 2.75) is 13.5 Å². The smallest absolute Gasteiger partial charge is 0.274 e. The van der Waals surface area contributed by atoms with Gasteiger partial charge in [0.1, 0.15) is 17.3 Å². The molecule has 6 nitrogen and oxygen atoms in total. The Labute approximate surface area is 133 Å². The third-order valence-corrected chi connectivity index (χ3v) is 3.33. The Morgan fingerprint density at radius 1 is 1.30 bits per heavy atom. The SMILES string of the molecule is COc1cccc(-c2ocnc2C(=O)NCc2ccc(C)o2)c1. The van der Waals surface area contributed by atoms with Crippen LogP contribution in [0.15, 0.2) is 51.6 Å². The number of hydrogen-bond acceptors (Lipinski definition) is 5. The molecule has 3 rings (SSSR count). The van der Waals surface area contributed by atoms with Crippen LogP contribution in [0.2, 0.25) is 0 Å². The van der Waals surface area contributed by atoms with E-state index in [0.29, 0.717) is 17.3 Å². The van der Waals surface area contributed by atoms with Gasteiger partial charge in [0.15, 0.2) is 17.8 Å². The van der Waals surface area contributed by atoms with Gasteiger partial charge in [-0.3, -0.25) is 4.79 Å². The lowest BCUT2D eigenvalue weighted by atomic mass is 10.1. The van der Waals surface area contributed by atoms with E-state index in [-0.39, 0.29) is 18.1 Å². The van der Waals surface area contributed by atoms with Crippen LogP contribution in [-0.2, 0) is 6.54 Å². The van der Waals surface area contributed by atoms with Crippen LogP contribution in [0.4, 0.5) is 0 Å². The quantitative estimate of drug-likeness (QED) is 0.783. The fourth-order valence-electron chi connectivity index (χ4n) is 2.21. The predicted molar refractivity (Wildman–Crippen MR) is 83.1 cm³/mol. The Kier molecular flexibility index (Phi) is 4.14. The largest absolute Gasteiger partial charge is 0.497 e. The molecule has 0 aliphatic rings. The molecule has 0 unspecified atom stereocenters. The minimum Gasteiger partial charge on any atom is -0.497 e. The Bertz CT molecular complexity index is 819. The molecule has 0 radical (unpaired) electrons. The fourth-order valence-corrected chi connectivity index (χ4v) is 2.21. The summed E-state index contributed by atoms with van der Waals surface area (Å²) in [5, 5.41) is 2.77. The molecule has 6 heteroatoms. The van der Waals surface area contributed by atoms with Crippen LogP contribution in [0.3, 0.4) is 0 Å². The number of amides is 1. The minimum atomic E-state index is -0.328. The first kappa shape index (κ1) is 14.9. The number of hydrogen-bond donors (Lipinski definition) is 1. The van der Waals surface area contributed by atoms with Gasteiger partial charge in [-0.15, -0.1) is 0 Å². The van der Waals surface area contributed by atoms with Gasteiger partial charge in [-0.05, 0) is 31.2 Å². The lowest BCUT2D eigenvalue weighted by Crippen LogP contribution is -2.23. The third-order valence-electron chi connectivity index (χ3n) is 3.33. The lowest BCUT2D eigenvalue weighted by Gasteiger charge is -2.05. The highest BCUT2D eigenvalue weighted by molar-refractivity contribution is 5.97. The van der Waals surface area contributed by atoms with E-state index >= 15 is 0 Å². The molecule has 0 saturated heterocycles. The number of aryl methyl sites for hydroxylation is 1. The number of ether oxygens (including phenoxy) is 1. The van der Waals surface area contributed by atoms with E-state index in [9.17, 15) is 4.79 Å². The number of methoxy groups -OCH3 is 1. The average Bonchev–Trinajstić information content (AvgIpc) is 3.21. The van der Waals surface area contributed by atoms with E-state index < -0.39 is 0 Å². The molecule has 0 saturated carbocycles. The van der Waals surface area contributed by atoms with Crippen LogP contribution in [0.1, 0.15) is 22.0 Å². The van der Waals surface area contributed by atoms with Crippen LogP contribution in [0, 0.1) is 6.92 Å². The molecule has 2 aromatic heterocycles. The number of furan rings is 1. The molecule has 0 atom stereocenters. The summed E-state index contributed by atoms with van der Waals surface area (Å²) in [5.74, 6) is 2.23. The molecule has 0 fully saturated rings. The first-order valence-corrected chi connectivity index (χ1v) is 7.09. The maximum absolute atomic E-state index is 12.3. The van der Waals surface area contributed by atoms with E-state index in [2.05, 4.69) is 10.3 Å². The Morgan fingerprint density at radius 3 is 2.91 bits per heavy atom. The van der Waals surface area contributed by atoms with Gasteiger partial charge >= 0.3 is 0 Å². The summed E-state index contributed by atoms with van der Waals surface area (Å²) in [6, 6.07) is 10.9. The van der Waals surface area contributed by atoms with Gasteiger partial charge in [0, 0.05) is 5.56 Å².